The van der Waals surface area contributed by atoms with Crippen LogP contribution in [0.3, 0.4) is 0 Å². The van der Waals surface area contributed by atoms with Crippen molar-refractivity contribution in [1.29, 1.82) is 0 Å². The molecule has 0 saturated heterocycles. The minimum absolute atomic E-state index is 0.0379. The van der Waals surface area contributed by atoms with E-state index in [1.807, 2.05) is 0 Å². The first-order valence-electron chi connectivity index (χ1n) is 8.81. The normalized spacial score (nSPS) is 10.6. The third-order valence-electron chi connectivity index (χ3n) is 4.31. The molecule has 0 aliphatic heterocycles. The second-order valence-corrected chi connectivity index (χ2v) is 6.35. The second kappa shape index (κ2) is 7.95. The number of benzene rings is 2. The molecule has 10 heteroatoms. The van der Waals surface area contributed by atoms with Gasteiger partial charge < -0.3 is 15.1 Å². The quantitative estimate of drug-likeness (QED) is 0.466. The summed E-state index contributed by atoms with van der Waals surface area (Å²) in [4.78, 5) is 24.9. The van der Waals surface area contributed by atoms with Crippen LogP contribution < -0.4 is 10.6 Å². The number of H-pyrrole nitrogens is 1. The average Bonchev–Trinajstić information content (AvgIpc) is 3.45. The van der Waals surface area contributed by atoms with Crippen LogP contribution in [0.4, 0.5) is 15.8 Å². The van der Waals surface area contributed by atoms with E-state index in [1.165, 1.54) is 36.6 Å². The summed E-state index contributed by atoms with van der Waals surface area (Å²) in [5.41, 5.74) is 1.86. The summed E-state index contributed by atoms with van der Waals surface area (Å²) in [6.45, 7) is 1.79. The molecule has 2 aromatic carbocycles. The van der Waals surface area contributed by atoms with Gasteiger partial charge in [0.15, 0.2) is 5.76 Å². The van der Waals surface area contributed by atoms with E-state index >= 15 is 0 Å². The highest BCUT2D eigenvalue weighted by Crippen LogP contribution is 2.24. The first-order chi connectivity index (χ1) is 14.5. The summed E-state index contributed by atoms with van der Waals surface area (Å²) in [5.74, 6) is -1.20. The number of rotatable bonds is 5. The smallest absolute Gasteiger partial charge is 0.291 e. The van der Waals surface area contributed by atoms with Crippen LogP contribution in [0.1, 0.15) is 26.5 Å². The molecule has 2 amide bonds. The molecule has 9 nitrogen and oxygen atoms in total. The Balaban J connectivity index is 1.55. The maximum Gasteiger partial charge on any atom is 0.291 e. The molecule has 0 spiro atoms. The molecule has 0 aliphatic carbocycles. The van der Waals surface area contributed by atoms with Crippen LogP contribution in [-0.4, -0.2) is 32.4 Å². The van der Waals surface area contributed by atoms with Crippen LogP contribution in [0.5, 0.6) is 0 Å². The van der Waals surface area contributed by atoms with Crippen molar-refractivity contribution >= 4 is 23.2 Å². The van der Waals surface area contributed by atoms with E-state index in [9.17, 15) is 14.0 Å². The van der Waals surface area contributed by atoms with E-state index < -0.39 is 17.6 Å². The molecule has 0 atom stereocenters. The highest BCUT2D eigenvalue weighted by atomic mass is 19.1. The number of nitrogens with zero attached hydrogens (tertiary/aromatic N) is 3. The molecular weight excluding hydrogens is 391 g/mol. The predicted molar refractivity (Wildman–Crippen MR) is 105 cm³/mol. The minimum atomic E-state index is -0.617. The van der Waals surface area contributed by atoms with Crippen LogP contribution in [0.15, 0.2) is 59.2 Å². The topological polar surface area (TPSA) is 126 Å². The van der Waals surface area contributed by atoms with Crippen molar-refractivity contribution in [3.05, 3.63) is 77.5 Å². The lowest BCUT2D eigenvalue weighted by Gasteiger charge is -2.11. The average molecular weight is 406 g/mol. The van der Waals surface area contributed by atoms with Crippen LogP contribution in [0, 0.1) is 12.7 Å². The molecule has 4 rings (SSSR count). The van der Waals surface area contributed by atoms with E-state index in [-0.39, 0.29) is 22.8 Å². The number of furan rings is 1. The lowest BCUT2D eigenvalue weighted by atomic mass is 10.1. The molecule has 3 N–H and O–H groups in total. The number of hydrogen-bond acceptors (Lipinski definition) is 6. The molecule has 150 valence electrons. The van der Waals surface area contributed by atoms with Gasteiger partial charge in [0.1, 0.15) is 5.82 Å². The van der Waals surface area contributed by atoms with Gasteiger partial charge in [-0.1, -0.05) is 6.07 Å². The lowest BCUT2D eigenvalue weighted by Crippen LogP contribution is -2.15. The molecule has 0 saturated carbocycles. The Morgan fingerprint density at radius 2 is 1.87 bits per heavy atom. The van der Waals surface area contributed by atoms with Crippen molar-refractivity contribution in [3.8, 4) is 11.4 Å². The van der Waals surface area contributed by atoms with Crippen molar-refractivity contribution in [3.63, 3.8) is 0 Å². The van der Waals surface area contributed by atoms with Crippen LogP contribution in [0.25, 0.3) is 11.4 Å². The van der Waals surface area contributed by atoms with Gasteiger partial charge in [-0.2, -0.15) is 5.21 Å². The SMILES string of the molecule is Cc1ccc(C(=O)Nc2cc(-c3nn[nH]n3)ccc2F)cc1NC(=O)c1ccco1. The fourth-order valence-corrected chi connectivity index (χ4v) is 2.73. The fraction of sp³-hybridized carbons (Fsp3) is 0.0500. The van der Waals surface area contributed by atoms with Crippen LogP contribution in [0.2, 0.25) is 0 Å². The Labute approximate surface area is 169 Å². The fourth-order valence-electron chi connectivity index (χ4n) is 2.73. The minimum Gasteiger partial charge on any atom is -0.459 e. The summed E-state index contributed by atoms with van der Waals surface area (Å²) in [6.07, 6.45) is 1.39. The Morgan fingerprint density at radius 1 is 1.03 bits per heavy atom. The molecule has 4 aromatic rings. The number of carbonyl (C=O) groups is 2. The van der Waals surface area contributed by atoms with Gasteiger partial charge in [-0.3, -0.25) is 9.59 Å². The summed E-state index contributed by atoms with van der Waals surface area (Å²) in [5, 5.41) is 18.7. The van der Waals surface area contributed by atoms with E-state index in [0.717, 1.165) is 5.56 Å². The van der Waals surface area contributed by atoms with E-state index in [0.29, 0.717) is 11.3 Å². The maximum atomic E-state index is 14.2. The number of halogens is 1. The Hall–Kier alpha value is -4.34. The van der Waals surface area contributed by atoms with Gasteiger partial charge in [-0.05, 0) is 60.2 Å². The first-order valence-corrected chi connectivity index (χ1v) is 8.81. The number of hydrogen-bond donors (Lipinski definition) is 3. The zero-order valence-corrected chi connectivity index (χ0v) is 15.6. The first kappa shape index (κ1) is 19.0. The van der Waals surface area contributed by atoms with Gasteiger partial charge in [0, 0.05) is 16.8 Å². The van der Waals surface area contributed by atoms with Crippen molar-refractivity contribution < 1.29 is 18.4 Å². The van der Waals surface area contributed by atoms with Gasteiger partial charge >= 0.3 is 0 Å². The van der Waals surface area contributed by atoms with Crippen molar-refractivity contribution in [2.75, 3.05) is 10.6 Å². The molecule has 0 aliphatic rings. The highest BCUT2D eigenvalue weighted by molar-refractivity contribution is 6.07. The Kier molecular flexibility index (Phi) is 5.04. The third kappa shape index (κ3) is 3.92. The largest absolute Gasteiger partial charge is 0.459 e. The number of anilines is 2. The van der Waals surface area contributed by atoms with Crippen molar-refractivity contribution in [2.24, 2.45) is 0 Å². The number of aryl methyl sites for hydroxylation is 1. The van der Waals surface area contributed by atoms with Gasteiger partial charge in [-0.15, -0.1) is 10.2 Å². The van der Waals surface area contributed by atoms with Gasteiger partial charge in [0.25, 0.3) is 11.8 Å². The summed E-state index contributed by atoms with van der Waals surface area (Å²) in [7, 11) is 0. The Morgan fingerprint density at radius 3 is 2.60 bits per heavy atom. The van der Waals surface area contributed by atoms with Crippen molar-refractivity contribution in [2.45, 2.75) is 6.92 Å². The van der Waals surface area contributed by atoms with Gasteiger partial charge in [0.05, 0.1) is 12.0 Å². The Bertz CT molecular complexity index is 1210. The van der Waals surface area contributed by atoms with E-state index in [1.54, 1.807) is 25.1 Å². The number of aromatic amines is 1. The van der Waals surface area contributed by atoms with Crippen LogP contribution >= 0.6 is 0 Å². The molecule has 0 unspecified atom stereocenters. The molecule has 0 bridgehead atoms. The summed E-state index contributed by atoms with van der Waals surface area (Å²) >= 11 is 0. The van der Waals surface area contributed by atoms with E-state index in [2.05, 4.69) is 31.3 Å². The second-order valence-electron chi connectivity index (χ2n) is 6.35. The molecule has 30 heavy (non-hydrogen) atoms. The predicted octanol–water partition coefficient (Wildman–Crippen LogP) is 3.41. The number of aromatic nitrogens is 4. The number of tetrazole rings is 1. The van der Waals surface area contributed by atoms with Gasteiger partial charge in [-0.25, -0.2) is 4.39 Å². The zero-order chi connectivity index (χ0) is 21.1. The monoisotopic (exact) mass is 406 g/mol. The third-order valence-corrected chi connectivity index (χ3v) is 4.31. The molecule has 2 aromatic heterocycles. The standard InChI is InChI=1S/C20H15FN6O3/c1-11-4-5-13(10-15(11)22-20(29)17-3-2-8-30-17)19(28)23-16-9-12(6-7-14(16)21)18-24-26-27-25-18/h2-10H,1H3,(H,22,29)(H,23,28)(H,24,25,26,27). The summed E-state index contributed by atoms with van der Waals surface area (Å²) < 4.78 is 19.3. The summed E-state index contributed by atoms with van der Waals surface area (Å²) in [6, 6.07) is 12.0. The van der Waals surface area contributed by atoms with Crippen molar-refractivity contribution in [1.82, 2.24) is 20.6 Å². The molecule has 0 radical (unpaired) electrons. The number of carbonyl (C=O) groups excluding carboxylic acids is 2. The highest BCUT2D eigenvalue weighted by Gasteiger charge is 2.15. The number of amides is 2. The number of nitrogens with one attached hydrogen (secondary N) is 3. The maximum absolute atomic E-state index is 14.2. The van der Waals surface area contributed by atoms with Crippen LogP contribution in [-0.2, 0) is 0 Å². The molecule has 2 heterocycles. The lowest BCUT2D eigenvalue weighted by molar-refractivity contribution is 0.0993. The molecular formula is C20H15FN6O3. The molecule has 0 fully saturated rings. The van der Waals surface area contributed by atoms with E-state index in [4.69, 9.17) is 4.42 Å². The van der Waals surface area contributed by atoms with Gasteiger partial charge in [0.2, 0.25) is 5.82 Å². The zero-order valence-electron chi connectivity index (χ0n) is 15.6.